The average Bonchev–Trinajstić information content (AvgIpc) is 2.56. The summed E-state index contributed by atoms with van der Waals surface area (Å²) >= 11 is 3.43. The highest BCUT2D eigenvalue weighted by Gasteiger charge is 2.25. The third-order valence-electron chi connectivity index (χ3n) is 5.16. The zero-order valence-corrected chi connectivity index (χ0v) is 15.6. The zero-order chi connectivity index (χ0) is 16.4. The van der Waals surface area contributed by atoms with E-state index in [0.29, 0.717) is 10.5 Å². The summed E-state index contributed by atoms with van der Waals surface area (Å²) < 4.78 is 1.98. The van der Waals surface area contributed by atoms with E-state index in [1.54, 1.807) is 13.2 Å². The lowest BCUT2D eigenvalue weighted by Crippen LogP contribution is -2.52. The van der Waals surface area contributed by atoms with Crippen LogP contribution in [0.1, 0.15) is 19.3 Å². The third kappa shape index (κ3) is 3.78. The molecule has 2 saturated heterocycles. The maximum atomic E-state index is 12.0. The van der Waals surface area contributed by atoms with E-state index in [4.69, 9.17) is 0 Å². The Bertz CT molecular complexity index is 597. The zero-order valence-electron chi connectivity index (χ0n) is 14.0. The summed E-state index contributed by atoms with van der Waals surface area (Å²) in [6.07, 6.45) is 5.81. The second kappa shape index (κ2) is 7.32. The fourth-order valence-electron chi connectivity index (χ4n) is 3.57. The van der Waals surface area contributed by atoms with E-state index in [1.807, 2.05) is 0 Å². The van der Waals surface area contributed by atoms with Gasteiger partial charge in [-0.1, -0.05) is 6.42 Å². The van der Waals surface area contributed by atoms with Gasteiger partial charge in [-0.25, -0.2) is 4.68 Å². The second-order valence-electron chi connectivity index (χ2n) is 6.69. The van der Waals surface area contributed by atoms with Crippen LogP contribution in [0, 0.1) is 0 Å². The first kappa shape index (κ1) is 16.9. The summed E-state index contributed by atoms with van der Waals surface area (Å²) in [5, 5.41) is 4.15. The number of aromatic nitrogens is 2. The van der Waals surface area contributed by atoms with Crippen LogP contribution in [0.15, 0.2) is 15.5 Å². The summed E-state index contributed by atoms with van der Waals surface area (Å²) in [7, 11) is 3.93. The molecule has 3 rings (SSSR count). The topological polar surface area (TPSA) is 44.6 Å². The van der Waals surface area contributed by atoms with Crippen LogP contribution in [0.4, 0.5) is 5.69 Å². The molecule has 6 nitrogen and oxygen atoms in total. The van der Waals surface area contributed by atoms with E-state index >= 15 is 0 Å². The van der Waals surface area contributed by atoms with Crippen molar-refractivity contribution in [2.75, 3.05) is 51.2 Å². The molecule has 1 aromatic heterocycles. The maximum Gasteiger partial charge on any atom is 0.282 e. The van der Waals surface area contributed by atoms with Crippen LogP contribution in [-0.4, -0.2) is 71.9 Å². The number of likely N-dealkylation sites (tertiary alicyclic amines) is 1. The third-order valence-corrected chi connectivity index (χ3v) is 5.91. The highest BCUT2D eigenvalue weighted by atomic mass is 79.9. The van der Waals surface area contributed by atoms with Gasteiger partial charge in [-0.2, -0.15) is 5.10 Å². The predicted molar refractivity (Wildman–Crippen MR) is 96.1 cm³/mol. The Morgan fingerprint density at radius 3 is 2.61 bits per heavy atom. The molecule has 0 aromatic carbocycles. The van der Waals surface area contributed by atoms with Crippen molar-refractivity contribution in [3.8, 4) is 0 Å². The van der Waals surface area contributed by atoms with Crippen LogP contribution in [0.25, 0.3) is 0 Å². The molecule has 0 saturated carbocycles. The van der Waals surface area contributed by atoms with E-state index in [0.717, 1.165) is 31.9 Å². The molecule has 3 heterocycles. The predicted octanol–water partition coefficient (Wildman–Crippen LogP) is 1.15. The van der Waals surface area contributed by atoms with Crippen LogP contribution in [0.5, 0.6) is 0 Å². The highest BCUT2D eigenvalue weighted by molar-refractivity contribution is 9.10. The quantitative estimate of drug-likeness (QED) is 0.783. The van der Waals surface area contributed by atoms with Crippen LogP contribution in [-0.2, 0) is 7.05 Å². The van der Waals surface area contributed by atoms with Gasteiger partial charge in [0.15, 0.2) is 0 Å². The van der Waals surface area contributed by atoms with Gasteiger partial charge in [0.1, 0.15) is 4.47 Å². The molecule has 1 unspecified atom stereocenters. The van der Waals surface area contributed by atoms with Gasteiger partial charge in [0, 0.05) is 45.8 Å². The molecular weight excluding hydrogens is 358 g/mol. The molecule has 2 fully saturated rings. The summed E-state index contributed by atoms with van der Waals surface area (Å²) in [5.74, 6) is 0. The Hall–Kier alpha value is -0.920. The monoisotopic (exact) mass is 383 g/mol. The number of piperidine rings is 1. The Morgan fingerprint density at radius 1 is 1.17 bits per heavy atom. The number of piperazine rings is 1. The second-order valence-corrected chi connectivity index (χ2v) is 7.48. The van der Waals surface area contributed by atoms with Crippen molar-refractivity contribution in [1.29, 1.82) is 0 Å². The minimum atomic E-state index is -0.0752. The van der Waals surface area contributed by atoms with E-state index in [9.17, 15) is 4.79 Å². The van der Waals surface area contributed by atoms with Crippen molar-refractivity contribution in [3.63, 3.8) is 0 Å². The number of rotatable bonds is 3. The van der Waals surface area contributed by atoms with Crippen molar-refractivity contribution in [1.82, 2.24) is 19.6 Å². The maximum absolute atomic E-state index is 12.0. The SMILES string of the molecule is CN1CCCCC1CN1CCN(c2cnn(C)c(=O)c2Br)CC1. The van der Waals surface area contributed by atoms with Crippen LogP contribution < -0.4 is 10.5 Å². The van der Waals surface area contributed by atoms with Gasteiger partial charge in [0.25, 0.3) is 5.56 Å². The first-order chi connectivity index (χ1) is 11.1. The first-order valence-corrected chi connectivity index (χ1v) is 9.25. The molecule has 128 valence electrons. The van der Waals surface area contributed by atoms with Crippen LogP contribution >= 0.6 is 15.9 Å². The molecule has 7 heteroatoms. The molecule has 0 bridgehead atoms. The summed E-state index contributed by atoms with van der Waals surface area (Å²) in [6.45, 7) is 6.39. The number of anilines is 1. The van der Waals surface area contributed by atoms with E-state index < -0.39 is 0 Å². The first-order valence-electron chi connectivity index (χ1n) is 8.45. The standard InChI is InChI=1S/C16H26BrN5O/c1-19-6-4-3-5-13(19)12-21-7-9-22(10-8-21)14-11-18-20(2)16(23)15(14)17/h11,13H,3-10,12H2,1-2H3. The lowest BCUT2D eigenvalue weighted by atomic mass is 10.0. The minimum absolute atomic E-state index is 0.0752. The molecule has 23 heavy (non-hydrogen) atoms. The number of halogens is 1. The molecule has 0 spiro atoms. The minimum Gasteiger partial charge on any atom is -0.367 e. The van der Waals surface area contributed by atoms with Crippen molar-refractivity contribution in [2.45, 2.75) is 25.3 Å². The fourth-order valence-corrected chi connectivity index (χ4v) is 4.18. The van der Waals surface area contributed by atoms with Gasteiger partial charge < -0.3 is 9.80 Å². The summed E-state index contributed by atoms with van der Waals surface area (Å²) in [6, 6.07) is 0.702. The van der Waals surface area contributed by atoms with Gasteiger partial charge in [-0.05, 0) is 42.4 Å². The molecule has 1 aromatic rings. The lowest BCUT2D eigenvalue weighted by molar-refractivity contribution is 0.124. The summed E-state index contributed by atoms with van der Waals surface area (Å²) in [5.41, 5.74) is 0.844. The van der Waals surface area contributed by atoms with Gasteiger partial charge in [0.2, 0.25) is 0 Å². The normalized spacial score (nSPS) is 24.1. The molecule has 0 radical (unpaired) electrons. The number of likely N-dealkylation sites (N-methyl/N-ethyl adjacent to an activating group) is 1. The van der Waals surface area contributed by atoms with Crippen molar-refractivity contribution in [3.05, 3.63) is 21.0 Å². The fraction of sp³-hybridized carbons (Fsp3) is 0.750. The van der Waals surface area contributed by atoms with Crippen molar-refractivity contribution in [2.24, 2.45) is 7.05 Å². The van der Waals surface area contributed by atoms with Gasteiger partial charge in [0.05, 0.1) is 11.9 Å². The lowest BCUT2D eigenvalue weighted by Gasteiger charge is -2.40. The van der Waals surface area contributed by atoms with Crippen LogP contribution in [0.3, 0.4) is 0 Å². The summed E-state index contributed by atoms with van der Waals surface area (Å²) in [4.78, 5) is 19.3. The van der Waals surface area contributed by atoms with Crippen molar-refractivity contribution >= 4 is 21.6 Å². The van der Waals surface area contributed by atoms with Gasteiger partial charge in [-0.15, -0.1) is 0 Å². The largest absolute Gasteiger partial charge is 0.367 e. The molecule has 1 atom stereocenters. The number of hydrogen-bond acceptors (Lipinski definition) is 5. The molecule has 0 aliphatic carbocycles. The Balaban J connectivity index is 1.58. The van der Waals surface area contributed by atoms with E-state index in [2.05, 4.69) is 42.8 Å². The highest BCUT2D eigenvalue weighted by Crippen LogP contribution is 2.23. The Morgan fingerprint density at radius 2 is 1.91 bits per heavy atom. The number of nitrogens with zero attached hydrogens (tertiary/aromatic N) is 5. The van der Waals surface area contributed by atoms with E-state index in [-0.39, 0.29) is 5.56 Å². The molecule has 2 aliphatic rings. The molecular formula is C16H26BrN5O. The molecule has 2 aliphatic heterocycles. The smallest absolute Gasteiger partial charge is 0.282 e. The average molecular weight is 384 g/mol. The van der Waals surface area contributed by atoms with Gasteiger partial charge in [-0.3, -0.25) is 9.69 Å². The van der Waals surface area contributed by atoms with E-state index in [1.165, 1.54) is 37.0 Å². The van der Waals surface area contributed by atoms with Gasteiger partial charge >= 0.3 is 0 Å². The Labute approximate surface area is 146 Å². The van der Waals surface area contributed by atoms with Crippen molar-refractivity contribution < 1.29 is 0 Å². The number of hydrogen-bond donors (Lipinski definition) is 0. The van der Waals surface area contributed by atoms with Crippen LogP contribution in [0.2, 0.25) is 0 Å². The molecule has 0 amide bonds. The molecule has 0 N–H and O–H groups in total. The Kier molecular flexibility index (Phi) is 5.38. The number of aryl methyl sites for hydroxylation is 1.